The molecule has 1 aromatic carbocycles. The van der Waals surface area contributed by atoms with Crippen molar-refractivity contribution in [3.8, 4) is 0 Å². The molecule has 1 rings (SSSR count). The first-order valence-corrected chi connectivity index (χ1v) is 6.27. The van der Waals surface area contributed by atoms with Crippen LogP contribution in [-0.4, -0.2) is 55.5 Å². The summed E-state index contributed by atoms with van der Waals surface area (Å²) >= 11 is 3.34. The lowest BCUT2D eigenvalue weighted by atomic mass is 9.80. The van der Waals surface area contributed by atoms with Crippen molar-refractivity contribution in [3.63, 3.8) is 0 Å². The van der Waals surface area contributed by atoms with Crippen molar-refractivity contribution in [1.29, 1.82) is 0 Å². The van der Waals surface area contributed by atoms with Gasteiger partial charge in [0.1, 0.15) is 0 Å². The molecule has 1 aromatic rings. The zero-order chi connectivity index (χ0) is 12.7. The van der Waals surface area contributed by atoms with E-state index in [4.69, 9.17) is 9.76 Å². The van der Waals surface area contributed by atoms with Gasteiger partial charge in [-0.1, -0.05) is 28.1 Å². The van der Waals surface area contributed by atoms with Gasteiger partial charge in [-0.3, -0.25) is 0 Å². The van der Waals surface area contributed by atoms with Gasteiger partial charge in [0.2, 0.25) is 0 Å². The van der Waals surface area contributed by atoms with Gasteiger partial charge in [0.05, 0.1) is 6.61 Å². The van der Waals surface area contributed by atoms with Crippen LogP contribution in [0.4, 0.5) is 0 Å². The normalized spacial score (nSPS) is 10.9. The second-order valence-electron chi connectivity index (χ2n) is 3.81. The Balaban J connectivity index is 2.32. The Hall–Kier alpha value is -0.395. The van der Waals surface area contributed by atoms with Crippen molar-refractivity contribution in [1.82, 2.24) is 4.90 Å². The maximum atomic E-state index is 9.78. The van der Waals surface area contributed by atoms with E-state index in [-0.39, 0.29) is 6.61 Å². The van der Waals surface area contributed by atoms with Crippen molar-refractivity contribution in [3.05, 3.63) is 28.7 Å². The van der Waals surface area contributed by atoms with E-state index in [1.165, 1.54) is 0 Å². The summed E-state index contributed by atoms with van der Waals surface area (Å²) in [5, 5.41) is 18.5. The Bertz CT molecular complexity index is 340. The summed E-state index contributed by atoms with van der Waals surface area (Å²) in [6.07, 6.45) is 0. The molecule has 0 atom stereocenters. The fourth-order valence-electron chi connectivity index (χ4n) is 1.36. The second-order valence-corrected chi connectivity index (χ2v) is 4.72. The average Bonchev–Trinajstić information content (AvgIpc) is 2.29. The molecule has 0 aliphatic carbocycles. The molecule has 0 radical (unpaired) electrons. The summed E-state index contributed by atoms with van der Waals surface area (Å²) < 4.78 is 6.22. The van der Waals surface area contributed by atoms with E-state index >= 15 is 0 Å². The first kappa shape index (κ1) is 14.7. The maximum absolute atomic E-state index is 9.78. The molecule has 0 saturated carbocycles. The number of likely N-dealkylation sites (N-methyl/N-ethyl adjacent to an activating group) is 1. The van der Waals surface area contributed by atoms with Crippen molar-refractivity contribution < 1.29 is 14.8 Å². The Morgan fingerprint density at radius 3 is 2.82 bits per heavy atom. The molecule has 4 nitrogen and oxygen atoms in total. The Morgan fingerprint density at radius 1 is 1.41 bits per heavy atom. The van der Waals surface area contributed by atoms with E-state index in [0.29, 0.717) is 19.7 Å². The summed E-state index contributed by atoms with van der Waals surface area (Å²) in [6, 6.07) is 7.38. The summed E-state index contributed by atoms with van der Waals surface area (Å²) in [7, 11) is 0.987. The highest BCUT2D eigenvalue weighted by Crippen LogP contribution is 2.05. The number of nitrogens with zero attached hydrogens (tertiary/aromatic N) is 1. The van der Waals surface area contributed by atoms with E-state index in [0.717, 1.165) is 9.94 Å². The van der Waals surface area contributed by atoms with Crippen molar-refractivity contribution in [2.75, 3.05) is 33.4 Å². The second kappa shape index (κ2) is 7.84. The zero-order valence-electron chi connectivity index (χ0n) is 9.84. The minimum atomic E-state index is -0.907. The minimum Gasteiger partial charge on any atom is -0.423 e. The van der Waals surface area contributed by atoms with E-state index in [1.807, 2.05) is 36.2 Å². The van der Waals surface area contributed by atoms with Crippen molar-refractivity contribution in [2.45, 2.75) is 0 Å². The number of rotatable bonds is 7. The lowest BCUT2D eigenvalue weighted by Crippen LogP contribution is -2.36. The predicted molar refractivity (Wildman–Crippen MR) is 72.3 cm³/mol. The third-order valence-electron chi connectivity index (χ3n) is 2.36. The van der Waals surface area contributed by atoms with E-state index in [9.17, 15) is 5.02 Å². The molecule has 0 amide bonds. The summed E-state index contributed by atoms with van der Waals surface area (Å²) in [4.78, 5) is 1.94. The van der Waals surface area contributed by atoms with Crippen LogP contribution in [0, 0.1) is 0 Å². The van der Waals surface area contributed by atoms with Crippen LogP contribution in [0.3, 0.4) is 0 Å². The Labute approximate surface area is 110 Å². The van der Waals surface area contributed by atoms with E-state index in [1.54, 1.807) is 0 Å². The molecular weight excluding hydrogens is 285 g/mol. The molecule has 2 N–H and O–H groups in total. The topological polar surface area (TPSA) is 52.9 Å². The highest BCUT2D eigenvalue weighted by Gasteiger charge is 2.16. The molecule has 0 unspecified atom stereocenters. The third kappa shape index (κ3) is 5.65. The number of hydrogen-bond donors (Lipinski definition) is 2. The molecule has 0 aliphatic rings. The quantitative estimate of drug-likeness (QED) is 0.700. The van der Waals surface area contributed by atoms with Crippen LogP contribution < -0.4 is 5.46 Å². The Morgan fingerprint density at radius 2 is 2.18 bits per heavy atom. The number of halogens is 1. The van der Waals surface area contributed by atoms with Gasteiger partial charge in [-0.15, -0.1) is 0 Å². The largest absolute Gasteiger partial charge is 0.491 e. The summed E-state index contributed by atoms with van der Waals surface area (Å²) in [6.45, 7) is 1.83. The molecule has 0 aliphatic heterocycles. The smallest absolute Gasteiger partial charge is 0.423 e. The monoisotopic (exact) mass is 301 g/mol. The molecule has 17 heavy (non-hydrogen) atoms. The lowest BCUT2D eigenvalue weighted by molar-refractivity contribution is 0.183. The van der Waals surface area contributed by atoms with Crippen LogP contribution in [0.15, 0.2) is 28.7 Å². The van der Waals surface area contributed by atoms with Crippen molar-refractivity contribution in [2.24, 2.45) is 0 Å². The molecule has 0 spiro atoms. The molecular formula is C11H17BBrNO3. The molecule has 0 heterocycles. The standard InChI is InChI=1S/C11H17BBrNO3/c1-14(5-7-15)6-8-17-12(16)10-3-2-4-11(13)9-10/h2-4,9,15-16H,5-8H2,1H3. The van der Waals surface area contributed by atoms with Gasteiger partial charge in [0, 0.05) is 24.2 Å². The van der Waals surface area contributed by atoms with Crippen LogP contribution >= 0.6 is 15.9 Å². The van der Waals surface area contributed by atoms with Crippen LogP contribution in [0.1, 0.15) is 0 Å². The van der Waals surface area contributed by atoms with Gasteiger partial charge < -0.3 is 19.7 Å². The first-order valence-electron chi connectivity index (χ1n) is 5.48. The number of benzene rings is 1. The SMILES string of the molecule is CN(CCO)CCOB(O)c1cccc(Br)c1. The molecule has 0 saturated heterocycles. The molecule has 0 aromatic heterocycles. The fourth-order valence-corrected chi connectivity index (χ4v) is 1.78. The van der Waals surface area contributed by atoms with Gasteiger partial charge in [-0.2, -0.15) is 0 Å². The van der Waals surface area contributed by atoms with Crippen LogP contribution in [-0.2, 0) is 4.65 Å². The molecule has 94 valence electrons. The van der Waals surface area contributed by atoms with Gasteiger partial charge in [-0.25, -0.2) is 0 Å². The van der Waals surface area contributed by atoms with Gasteiger partial charge in [-0.05, 0) is 24.6 Å². The fraction of sp³-hybridized carbons (Fsp3) is 0.455. The van der Waals surface area contributed by atoms with E-state index < -0.39 is 7.12 Å². The highest BCUT2D eigenvalue weighted by atomic mass is 79.9. The number of hydrogen-bond acceptors (Lipinski definition) is 4. The average molecular weight is 302 g/mol. The molecule has 0 fully saturated rings. The lowest BCUT2D eigenvalue weighted by Gasteiger charge is -2.16. The van der Waals surface area contributed by atoms with Gasteiger partial charge >= 0.3 is 7.12 Å². The highest BCUT2D eigenvalue weighted by molar-refractivity contribution is 9.10. The van der Waals surface area contributed by atoms with Crippen molar-refractivity contribution >= 4 is 28.5 Å². The van der Waals surface area contributed by atoms with Crippen LogP contribution in [0.25, 0.3) is 0 Å². The first-order chi connectivity index (χ1) is 8.13. The van der Waals surface area contributed by atoms with E-state index in [2.05, 4.69) is 15.9 Å². The molecule has 0 bridgehead atoms. The predicted octanol–water partition coefficient (Wildman–Crippen LogP) is 0.0773. The Kier molecular flexibility index (Phi) is 6.76. The van der Waals surface area contributed by atoms with Gasteiger partial charge in [0.15, 0.2) is 0 Å². The minimum absolute atomic E-state index is 0.130. The molecule has 6 heteroatoms. The van der Waals surface area contributed by atoms with Crippen LogP contribution in [0.5, 0.6) is 0 Å². The van der Waals surface area contributed by atoms with Crippen LogP contribution in [0.2, 0.25) is 0 Å². The number of aliphatic hydroxyl groups is 1. The maximum Gasteiger partial charge on any atom is 0.491 e. The third-order valence-corrected chi connectivity index (χ3v) is 2.86. The number of aliphatic hydroxyl groups excluding tert-OH is 1. The summed E-state index contributed by atoms with van der Waals surface area (Å²) in [5.74, 6) is 0. The zero-order valence-corrected chi connectivity index (χ0v) is 11.4. The van der Waals surface area contributed by atoms with Gasteiger partial charge in [0.25, 0.3) is 0 Å². The summed E-state index contributed by atoms with van der Waals surface area (Å²) in [5.41, 5.74) is 0.726.